The summed E-state index contributed by atoms with van der Waals surface area (Å²) in [5.41, 5.74) is 1.04. The first-order valence-electron chi connectivity index (χ1n) is 6.92. The maximum Gasteiger partial charge on any atom is 0.128 e. The summed E-state index contributed by atoms with van der Waals surface area (Å²) >= 11 is 0. The van der Waals surface area contributed by atoms with E-state index in [1.807, 2.05) is 55.6 Å². The summed E-state index contributed by atoms with van der Waals surface area (Å²) in [6, 6.07) is 13.6. The first-order valence-corrected chi connectivity index (χ1v) is 6.92. The van der Waals surface area contributed by atoms with Gasteiger partial charge in [0.05, 0.1) is 13.2 Å². The molecule has 2 rings (SSSR count). The predicted molar refractivity (Wildman–Crippen MR) is 85.6 cm³/mol. The lowest BCUT2D eigenvalue weighted by Gasteiger charge is -2.18. The standard InChI is InChI=1S/C17H20N2O2/c1-19(17-6-2-3-11-18-17)12-14-21-16-9-7-15(8-10-16)5-4-13-20/h2-11,20H,12-14H2,1H3/b5-4+. The predicted octanol–water partition coefficient (Wildman–Crippen LogP) is 2.60. The highest BCUT2D eigenvalue weighted by molar-refractivity contribution is 5.50. The van der Waals surface area contributed by atoms with Gasteiger partial charge in [0.15, 0.2) is 0 Å². The molecule has 0 amide bonds. The number of rotatable bonds is 7. The van der Waals surface area contributed by atoms with Crippen LogP contribution < -0.4 is 9.64 Å². The van der Waals surface area contributed by atoms with E-state index in [1.54, 1.807) is 12.3 Å². The lowest BCUT2D eigenvalue weighted by atomic mass is 10.2. The van der Waals surface area contributed by atoms with Gasteiger partial charge >= 0.3 is 0 Å². The van der Waals surface area contributed by atoms with Crippen molar-refractivity contribution in [3.8, 4) is 5.75 Å². The molecule has 0 unspecified atom stereocenters. The van der Waals surface area contributed by atoms with Crippen LogP contribution in [0.2, 0.25) is 0 Å². The van der Waals surface area contributed by atoms with Gasteiger partial charge in [-0.2, -0.15) is 0 Å². The number of benzene rings is 1. The third-order valence-electron chi connectivity index (χ3n) is 3.03. The van der Waals surface area contributed by atoms with Crippen LogP contribution in [0.4, 0.5) is 5.82 Å². The Morgan fingerprint density at radius 2 is 2.00 bits per heavy atom. The summed E-state index contributed by atoms with van der Waals surface area (Å²) in [6.07, 6.45) is 5.36. The van der Waals surface area contributed by atoms with Crippen LogP contribution >= 0.6 is 0 Å². The molecule has 0 aliphatic rings. The van der Waals surface area contributed by atoms with Gasteiger partial charge in [0.25, 0.3) is 0 Å². The topological polar surface area (TPSA) is 45.6 Å². The monoisotopic (exact) mass is 284 g/mol. The van der Waals surface area contributed by atoms with Crippen LogP contribution in [0.5, 0.6) is 5.75 Å². The summed E-state index contributed by atoms with van der Waals surface area (Å²) < 4.78 is 5.71. The number of anilines is 1. The molecular weight excluding hydrogens is 264 g/mol. The molecule has 0 bridgehead atoms. The second-order valence-corrected chi connectivity index (χ2v) is 4.61. The molecule has 4 heteroatoms. The Labute approximate surface area is 125 Å². The van der Waals surface area contributed by atoms with Crippen molar-refractivity contribution in [1.29, 1.82) is 0 Å². The normalized spacial score (nSPS) is 10.8. The Kier molecular flexibility index (Phi) is 5.79. The van der Waals surface area contributed by atoms with Crippen LogP contribution in [0.3, 0.4) is 0 Å². The second-order valence-electron chi connectivity index (χ2n) is 4.61. The van der Waals surface area contributed by atoms with Crippen molar-refractivity contribution in [3.63, 3.8) is 0 Å². The van der Waals surface area contributed by atoms with Crippen molar-refractivity contribution >= 4 is 11.9 Å². The molecule has 0 aliphatic heterocycles. The number of pyridine rings is 1. The molecule has 1 N–H and O–H groups in total. The van der Waals surface area contributed by atoms with Gasteiger partial charge in [0.2, 0.25) is 0 Å². The maximum absolute atomic E-state index is 8.72. The fourth-order valence-corrected chi connectivity index (χ4v) is 1.86. The summed E-state index contributed by atoms with van der Waals surface area (Å²) in [5, 5.41) is 8.72. The molecule has 0 saturated carbocycles. The third-order valence-corrected chi connectivity index (χ3v) is 3.03. The zero-order chi connectivity index (χ0) is 14.9. The molecule has 1 aromatic heterocycles. The number of hydrogen-bond acceptors (Lipinski definition) is 4. The van der Waals surface area contributed by atoms with E-state index in [1.165, 1.54) is 0 Å². The highest BCUT2D eigenvalue weighted by Crippen LogP contribution is 2.13. The minimum Gasteiger partial charge on any atom is -0.492 e. The molecule has 0 atom stereocenters. The smallest absolute Gasteiger partial charge is 0.128 e. The minimum absolute atomic E-state index is 0.0537. The Bertz CT molecular complexity index is 553. The Morgan fingerprint density at radius 1 is 1.19 bits per heavy atom. The molecule has 21 heavy (non-hydrogen) atoms. The molecule has 110 valence electrons. The van der Waals surface area contributed by atoms with Gasteiger partial charge in [-0.3, -0.25) is 0 Å². The second kappa shape index (κ2) is 8.07. The number of aliphatic hydroxyl groups is 1. The van der Waals surface area contributed by atoms with Gasteiger partial charge < -0.3 is 14.7 Å². The summed E-state index contributed by atoms with van der Waals surface area (Å²) in [6.45, 7) is 1.42. The largest absolute Gasteiger partial charge is 0.492 e. The van der Waals surface area contributed by atoms with Crippen molar-refractivity contribution < 1.29 is 9.84 Å². The molecule has 1 heterocycles. The average molecular weight is 284 g/mol. The molecule has 1 aromatic carbocycles. The third kappa shape index (κ3) is 4.93. The molecule has 0 spiro atoms. The van der Waals surface area contributed by atoms with Gasteiger partial charge in [-0.05, 0) is 29.8 Å². The Balaban J connectivity index is 1.79. The average Bonchev–Trinajstić information content (AvgIpc) is 2.55. The fraction of sp³-hybridized carbons (Fsp3) is 0.235. The number of hydrogen-bond donors (Lipinski definition) is 1. The lowest BCUT2D eigenvalue weighted by Crippen LogP contribution is -2.24. The zero-order valence-electron chi connectivity index (χ0n) is 12.1. The highest BCUT2D eigenvalue weighted by Gasteiger charge is 2.01. The van der Waals surface area contributed by atoms with E-state index in [9.17, 15) is 0 Å². The van der Waals surface area contributed by atoms with Gasteiger partial charge in [-0.1, -0.05) is 30.4 Å². The highest BCUT2D eigenvalue weighted by atomic mass is 16.5. The van der Waals surface area contributed by atoms with E-state index in [0.29, 0.717) is 6.61 Å². The van der Waals surface area contributed by atoms with E-state index in [4.69, 9.17) is 9.84 Å². The zero-order valence-corrected chi connectivity index (χ0v) is 12.1. The van der Waals surface area contributed by atoms with Crippen molar-refractivity contribution in [2.75, 3.05) is 31.7 Å². The number of aromatic nitrogens is 1. The molecular formula is C17H20N2O2. The van der Waals surface area contributed by atoms with E-state index in [-0.39, 0.29) is 6.61 Å². The maximum atomic E-state index is 8.72. The first kappa shape index (κ1) is 15.1. The van der Waals surface area contributed by atoms with Crippen LogP contribution in [0, 0.1) is 0 Å². The Hall–Kier alpha value is -2.33. The van der Waals surface area contributed by atoms with Crippen LogP contribution in [-0.4, -0.2) is 36.9 Å². The van der Waals surface area contributed by atoms with Gasteiger partial charge in [0.1, 0.15) is 18.2 Å². The van der Waals surface area contributed by atoms with Gasteiger partial charge in [0, 0.05) is 13.2 Å². The van der Waals surface area contributed by atoms with E-state index in [0.717, 1.165) is 23.7 Å². The first-order chi connectivity index (χ1) is 10.3. The minimum atomic E-state index is 0.0537. The Morgan fingerprint density at radius 3 is 2.67 bits per heavy atom. The summed E-state index contributed by atoms with van der Waals surface area (Å²) in [7, 11) is 1.99. The molecule has 0 saturated heterocycles. The number of aliphatic hydroxyl groups excluding tert-OH is 1. The molecule has 2 aromatic rings. The number of likely N-dealkylation sites (N-methyl/N-ethyl adjacent to an activating group) is 1. The fourth-order valence-electron chi connectivity index (χ4n) is 1.86. The van der Waals surface area contributed by atoms with Gasteiger partial charge in [-0.15, -0.1) is 0 Å². The van der Waals surface area contributed by atoms with Crippen molar-refractivity contribution in [2.24, 2.45) is 0 Å². The number of nitrogens with zero attached hydrogens (tertiary/aromatic N) is 2. The van der Waals surface area contributed by atoms with E-state index in [2.05, 4.69) is 9.88 Å². The van der Waals surface area contributed by atoms with Crippen LogP contribution in [0.25, 0.3) is 6.08 Å². The van der Waals surface area contributed by atoms with Crippen molar-refractivity contribution in [1.82, 2.24) is 4.98 Å². The quantitative estimate of drug-likeness (QED) is 0.849. The van der Waals surface area contributed by atoms with Crippen molar-refractivity contribution in [3.05, 3.63) is 60.3 Å². The molecule has 0 aliphatic carbocycles. The van der Waals surface area contributed by atoms with E-state index < -0.39 is 0 Å². The summed E-state index contributed by atoms with van der Waals surface area (Å²) in [4.78, 5) is 6.34. The van der Waals surface area contributed by atoms with Crippen LogP contribution in [0.1, 0.15) is 5.56 Å². The molecule has 4 nitrogen and oxygen atoms in total. The lowest BCUT2D eigenvalue weighted by molar-refractivity contribution is 0.325. The summed E-state index contributed by atoms with van der Waals surface area (Å²) in [5.74, 6) is 1.77. The molecule has 0 radical (unpaired) electrons. The van der Waals surface area contributed by atoms with Gasteiger partial charge in [-0.25, -0.2) is 4.98 Å². The number of ether oxygens (including phenoxy) is 1. The van der Waals surface area contributed by atoms with E-state index >= 15 is 0 Å². The van der Waals surface area contributed by atoms with Crippen molar-refractivity contribution in [2.45, 2.75) is 0 Å². The molecule has 0 fully saturated rings. The van der Waals surface area contributed by atoms with Crippen LogP contribution in [0.15, 0.2) is 54.7 Å². The SMILES string of the molecule is CN(CCOc1ccc(/C=C/CO)cc1)c1ccccn1. The van der Waals surface area contributed by atoms with Crippen LogP contribution in [-0.2, 0) is 0 Å².